The molecule has 0 saturated carbocycles. The van der Waals surface area contributed by atoms with Crippen LogP contribution in [0, 0.1) is 0 Å². The maximum atomic E-state index is 11.5. The highest BCUT2D eigenvalue weighted by atomic mass is 79.9. The Morgan fingerprint density at radius 3 is 2.89 bits per heavy atom. The molecule has 0 bridgehead atoms. The second kappa shape index (κ2) is 6.43. The van der Waals surface area contributed by atoms with Crippen molar-refractivity contribution in [3.8, 4) is 5.75 Å². The quantitative estimate of drug-likeness (QED) is 0.920. The summed E-state index contributed by atoms with van der Waals surface area (Å²) in [7, 11) is 1.64. The van der Waals surface area contributed by atoms with Crippen molar-refractivity contribution in [3.05, 3.63) is 57.4 Å². The minimum atomic E-state index is 0.00510. The van der Waals surface area contributed by atoms with E-state index in [2.05, 4.69) is 21.2 Å². The normalized spacial score (nSPS) is 10.2. The van der Waals surface area contributed by atoms with E-state index in [4.69, 9.17) is 4.74 Å². The van der Waals surface area contributed by atoms with Crippen LogP contribution in [-0.4, -0.2) is 18.2 Å². The van der Waals surface area contributed by atoms with Crippen LogP contribution in [0.1, 0.15) is 0 Å². The van der Waals surface area contributed by atoms with Gasteiger partial charge in [0.25, 0.3) is 5.56 Å². The zero-order valence-electron chi connectivity index (χ0n) is 10.6. The summed E-state index contributed by atoms with van der Waals surface area (Å²) in [5, 5.41) is 3.27. The molecule has 100 valence electrons. The number of pyridine rings is 1. The Morgan fingerprint density at radius 1 is 1.32 bits per heavy atom. The van der Waals surface area contributed by atoms with Crippen molar-refractivity contribution in [2.24, 2.45) is 0 Å². The van der Waals surface area contributed by atoms with Gasteiger partial charge >= 0.3 is 0 Å². The lowest BCUT2D eigenvalue weighted by atomic mass is 10.3. The third-order valence-corrected chi connectivity index (χ3v) is 3.22. The molecule has 1 aromatic carbocycles. The number of nitrogens with zero attached hydrogens (tertiary/aromatic N) is 1. The van der Waals surface area contributed by atoms with Crippen LogP contribution in [-0.2, 0) is 6.54 Å². The van der Waals surface area contributed by atoms with Gasteiger partial charge < -0.3 is 14.6 Å². The van der Waals surface area contributed by atoms with E-state index in [0.717, 1.165) is 15.9 Å². The number of halogens is 1. The van der Waals surface area contributed by atoms with E-state index >= 15 is 0 Å². The van der Waals surface area contributed by atoms with E-state index in [1.54, 1.807) is 30.0 Å². The molecule has 0 atom stereocenters. The van der Waals surface area contributed by atoms with Gasteiger partial charge in [-0.25, -0.2) is 0 Å². The third-order valence-electron chi connectivity index (χ3n) is 2.73. The van der Waals surface area contributed by atoms with Gasteiger partial charge in [0, 0.05) is 29.8 Å². The first-order valence-electron chi connectivity index (χ1n) is 5.93. The molecule has 2 rings (SSSR count). The van der Waals surface area contributed by atoms with Crippen LogP contribution in [0.15, 0.2) is 51.9 Å². The Balaban J connectivity index is 2.02. The fraction of sp³-hybridized carbons (Fsp3) is 0.214. The topological polar surface area (TPSA) is 43.3 Å². The van der Waals surface area contributed by atoms with Crippen LogP contribution < -0.4 is 15.6 Å². The molecule has 0 spiro atoms. The largest absolute Gasteiger partial charge is 0.495 e. The van der Waals surface area contributed by atoms with Crippen molar-refractivity contribution in [3.63, 3.8) is 0 Å². The molecular formula is C14H15BrN2O2. The fourth-order valence-corrected chi connectivity index (χ4v) is 2.14. The lowest BCUT2D eigenvalue weighted by Crippen LogP contribution is -2.22. The average Bonchev–Trinajstić information content (AvgIpc) is 2.41. The second-order valence-electron chi connectivity index (χ2n) is 4.00. The molecule has 0 amide bonds. The first kappa shape index (κ1) is 13.7. The summed E-state index contributed by atoms with van der Waals surface area (Å²) in [4.78, 5) is 11.5. The summed E-state index contributed by atoms with van der Waals surface area (Å²) in [5.41, 5.74) is 0.909. The van der Waals surface area contributed by atoms with Gasteiger partial charge in [-0.05, 0) is 24.3 Å². The van der Waals surface area contributed by atoms with E-state index in [-0.39, 0.29) is 5.56 Å². The molecule has 19 heavy (non-hydrogen) atoms. The first-order valence-corrected chi connectivity index (χ1v) is 6.73. The van der Waals surface area contributed by atoms with Crippen LogP contribution in [0.4, 0.5) is 5.69 Å². The van der Waals surface area contributed by atoms with Crippen molar-refractivity contribution < 1.29 is 4.74 Å². The lowest BCUT2D eigenvalue weighted by Gasteiger charge is -2.12. The minimum Gasteiger partial charge on any atom is -0.495 e. The molecule has 5 heteroatoms. The van der Waals surface area contributed by atoms with Gasteiger partial charge in [0.1, 0.15) is 5.75 Å². The van der Waals surface area contributed by atoms with E-state index in [0.29, 0.717) is 13.1 Å². The fourth-order valence-electron chi connectivity index (χ4n) is 1.77. The molecular weight excluding hydrogens is 308 g/mol. The predicted octanol–water partition coefficient (Wildman–Crippen LogP) is 2.73. The van der Waals surface area contributed by atoms with Crippen molar-refractivity contribution in [1.82, 2.24) is 4.57 Å². The van der Waals surface area contributed by atoms with Crippen LogP contribution in [0.3, 0.4) is 0 Å². The van der Waals surface area contributed by atoms with Gasteiger partial charge in [-0.3, -0.25) is 4.79 Å². The smallest absolute Gasteiger partial charge is 0.250 e. The molecule has 0 aliphatic rings. The summed E-state index contributed by atoms with van der Waals surface area (Å²) in [6, 6.07) is 10.9. The van der Waals surface area contributed by atoms with E-state index in [1.165, 1.54) is 0 Å². The molecule has 1 N–H and O–H groups in total. The highest BCUT2D eigenvalue weighted by Crippen LogP contribution is 2.27. The van der Waals surface area contributed by atoms with Crippen LogP contribution in [0.5, 0.6) is 5.75 Å². The minimum absolute atomic E-state index is 0.00510. The number of nitrogens with one attached hydrogen (secondary N) is 1. The highest BCUT2D eigenvalue weighted by molar-refractivity contribution is 9.10. The Kier molecular flexibility index (Phi) is 4.63. The molecule has 2 aromatic rings. The molecule has 0 fully saturated rings. The molecule has 0 unspecified atom stereocenters. The summed E-state index contributed by atoms with van der Waals surface area (Å²) in [6.45, 7) is 1.26. The maximum absolute atomic E-state index is 11.5. The van der Waals surface area contributed by atoms with Crippen molar-refractivity contribution in [2.75, 3.05) is 19.0 Å². The Labute approximate surface area is 120 Å². The van der Waals surface area contributed by atoms with Crippen LogP contribution >= 0.6 is 15.9 Å². The van der Waals surface area contributed by atoms with E-state index in [1.807, 2.05) is 24.3 Å². The SMILES string of the molecule is COc1ccc(Br)cc1NCCn1ccccc1=O. The monoisotopic (exact) mass is 322 g/mol. The van der Waals surface area contributed by atoms with Crippen LogP contribution in [0.2, 0.25) is 0 Å². The number of rotatable bonds is 5. The number of aromatic nitrogens is 1. The highest BCUT2D eigenvalue weighted by Gasteiger charge is 2.03. The maximum Gasteiger partial charge on any atom is 0.250 e. The number of methoxy groups -OCH3 is 1. The first-order chi connectivity index (χ1) is 9.20. The predicted molar refractivity (Wildman–Crippen MR) is 79.9 cm³/mol. The van der Waals surface area contributed by atoms with Gasteiger partial charge in [-0.2, -0.15) is 0 Å². The number of benzene rings is 1. The van der Waals surface area contributed by atoms with Gasteiger partial charge in [-0.1, -0.05) is 22.0 Å². The average molecular weight is 323 g/mol. The molecule has 0 radical (unpaired) electrons. The molecule has 1 aromatic heterocycles. The molecule has 1 heterocycles. The Morgan fingerprint density at radius 2 is 2.16 bits per heavy atom. The molecule has 0 saturated heterocycles. The van der Waals surface area contributed by atoms with Gasteiger partial charge in [0.2, 0.25) is 0 Å². The van der Waals surface area contributed by atoms with Gasteiger partial charge in [0.05, 0.1) is 12.8 Å². The standard InChI is InChI=1S/C14H15BrN2O2/c1-19-13-6-5-11(15)10-12(13)16-7-9-17-8-3-2-4-14(17)18/h2-6,8,10,16H,7,9H2,1H3. The van der Waals surface area contributed by atoms with Crippen molar-refractivity contribution >= 4 is 21.6 Å². The lowest BCUT2D eigenvalue weighted by molar-refractivity contribution is 0.416. The molecule has 4 nitrogen and oxygen atoms in total. The Hall–Kier alpha value is -1.75. The zero-order valence-corrected chi connectivity index (χ0v) is 12.2. The Bertz CT molecular complexity index is 610. The van der Waals surface area contributed by atoms with Crippen LogP contribution in [0.25, 0.3) is 0 Å². The summed E-state index contributed by atoms with van der Waals surface area (Å²) >= 11 is 3.42. The van der Waals surface area contributed by atoms with Crippen molar-refractivity contribution in [1.29, 1.82) is 0 Å². The number of ether oxygens (including phenoxy) is 1. The number of hydrogen-bond donors (Lipinski definition) is 1. The molecule has 0 aliphatic heterocycles. The summed E-state index contributed by atoms with van der Waals surface area (Å²) in [6.07, 6.45) is 1.78. The van der Waals surface area contributed by atoms with E-state index < -0.39 is 0 Å². The number of hydrogen-bond acceptors (Lipinski definition) is 3. The van der Waals surface area contributed by atoms with E-state index in [9.17, 15) is 4.79 Å². The number of anilines is 1. The zero-order chi connectivity index (χ0) is 13.7. The second-order valence-corrected chi connectivity index (χ2v) is 4.92. The van der Waals surface area contributed by atoms with Crippen molar-refractivity contribution in [2.45, 2.75) is 6.54 Å². The summed E-state index contributed by atoms with van der Waals surface area (Å²) in [5.74, 6) is 0.781. The molecule has 0 aliphatic carbocycles. The summed E-state index contributed by atoms with van der Waals surface area (Å²) < 4.78 is 7.92. The van der Waals surface area contributed by atoms with Gasteiger partial charge in [0.15, 0.2) is 0 Å². The third kappa shape index (κ3) is 3.61. The van der Waals surface area contributed by atoms with Gasteiger partial charge in [-0.15, -0.1) is 0 Å².